The minimum atomic E-state index is -1.38. The fraction of sp³-hybridized carbons (Fsp3) is 0.556. The number of ether oxygens (including phenoxy) is 1. The number of likely N-dealkylation sites (N-methyl/N-ethyl adjacent to an activating group) is 1. The molecule has 0 atom stereocenters. The van der Waals surface area contributed by atoms with E-state index >= 15 is 0 Å². The van der Waals surface area contributed by atoms with E-state index in [0.717, 1.165) is 0 Å². The third kappa shape index (κ3) is 7.51. The molecule has 6 nitrogen and oxygen atoms in total. The van der Waals surface area contributed by atoms with Crippen molar-refractivity contribution in [3.63, 3.8) is 0 Å². The summed E-state index contributed by atoms with van der Waals surface area (Å²) in [5, 5.41) is 17.0. The SMILES string of the molecule is C[N+](C)(C)CCO/C(=C/C(=O)O)C(=O)O. The fourth-order valence-electron chi connectivity index (χ4n) is 0.707. The highest BCUT2D eigenvalue weighted by Gasteiger charge is 2.13. The lowest BCUT2D eigenvalue weighted by Crippen LogP contribution is -2.37. The third-order valence-electron chi connectivity index (χ3n) is 1.49. The molecule has 0 saturated carbocycles. The maximum atomic E-state index is 10.5. The normalized spacial score (nSPS) is 12.3. The average Bonchev–Trinajstić information content (AvgIpc) is 1.99. The van der Waals surface area contributed by atoms with Gasteiger partial charge in [-0.25, -0.2) is 9.59 Å². The molecule has 0 saturated heterocycles. The number of rotatable bonds is 6. The van der Waals surface area contributed by atoms with Crippen molar-refractivity contribution >= 4 is 11.9 Å². The van der Waals surface area contributed by atoms with Crippen LogP contribution in [0.4, 0.5) is 0 Å². The molecule has 0 spiro atoms. The quantitative estimate of drug-likeness (QED) is 0.365. The topological polar surface area (TPSA) is 83.8 Å². The fourth-order valence-corrected chi connectivity index (χ4v) is 0.707. The lowest BCUT2D eigenvalue weighted by molar-refractivity contribution is -0.870. The highest BCUT2D eigenvalue weighted by molar-refractivity contribution is 5.92. The number of carboxylic acid groups (broad SMARTS) is 2. The monoisotopic (exact) mass is 218 g/mol. The molecule has 0 aromatic carbocycles. The third-order valence-corrected chi connectivity index (χ3v) is 1.49. The number of aliphatic carboxylic acids is 2. The summed E-state index contributed by atoms with van der Waals surface area (Å²) in [4.78, 5) is 20.8. The van der Waals surface area contributed by atoms with Crippen LogP contribution in [0.5, 0.6) is 0 Å². The minimum Gasteiger partial charge on any atom is -0.480 e. The largest absolute Gasteiger partial charge is 0.480 e. The van der Waals surface area contributed by atoms with Crippen molar-refractivity contribution in [3.8, 4) is 0 Å². The van der Waals surface area contributed by atoms with Crippen LogP contribution in [0.1, 0.15) is 0 Å². The van der Waals surface area contributed by atoms with Gasteiger partial charge in [0.15, 0.2) is 0 Å². The highest BCUT2D eigenvalue weighted by atomic mass is 16.5. The lowest BCUT2D eigenvalue weighted by Gasteiger charge is -2.23. The Balaban J connectivity index is 4.22. The number of hydrogen-bond donors (Lipinski definition) is 2. The van der Waals surface area contributed by atoms with E-state index in [1.165, 1.54) is 0 Å². The summed E-state index contributed by atoms with van der Waals surface area (Å²) < 4.78 is 5.47. The van der Waals surface area contributed by atoms with Crippen LogP contribution in [0.25, 0.3) is 0 Å². The van der Waals surface area contributed by atoms with Crippen molar-refractivity contribution < 1.29 is 29.0 Å². The molecule has 0 radical (unpaired) electrons. The molecule has 0 amide bonds. The number of hydrogen-bond acceptors (Lipinski definition) is 3. The van der Waals surface area contributed by atoms with Gasteiger partial charge in [-0.05, 0) is 0 Å². The van der Waals surface area contributed by atoms with Gasteiger partial charge in [0.05, 0.1) is 27.2 Å². The van der Waals surface area contributed by atoms with E-state index in [9.17, 15) is 9.59 Å². The van der Waals surface area contributed by atoms with Crippen LogP contribution in [0.2, 0.25) is 0 Å². The summed E-state index contributed by atoms with van der Waals surface area (Å²) in [6.45, 7) is 0.749. The zero-order chi connectivity index (χ0) is 12.1. The Kier molecular flexibility index (Phi) is 4.80. The van der Waals surface area contributed by atoms with Gasteiger partial charge in [-0.1, -0.05) is 0 Å². The molecule has 15 heavy (non-hydrogen) atoms. The van der Waals surface area contributed by atoms with Gasteiger partial charge >= 0.3 is 11.9 Å². The van der Waals surface area contributed by atoms with Gasteiger partial charge in [-0.2, -0.15) is 0 Å². The van der Waals surface area contributed by atoms with Crippen LogP contribution in [0.3, 0.4) is 0 Å². The van der Waals surface area contributed by atoms with Crippen LogP contribution >= 0.6 is 0 Å². The zero-order valence-corrected chi connectivity index (χ0v) is 9.06. The van der Waals surface area contributed by atoms with Crippen LogP contribution in [0.15, 0.2) is 11.8 Å². The molecule has 0 aromatic heterocycles. The average molecular weight is 218 g/mol. The Hall–Kier alpha value is -1.56. The first kappa shape index (κ1) is 13.4. The van der Waals surface area contributed by atoms with Gasteiger partial charge in [0.1, 0.15) is 13.2 Å². The standard InChI is InChI=1S/C9H15NO5/c1-10(2,3)4-5-15-7(9(13)14)6-8(11)12/h6H,4-5H2,1-3H3,(H-,11,12,13,14)/p+1/b7-6+. The Morgan fingerprint density at radius 1 is 1.27 bits per heavy atom. The van der Waals surface area contributed by atoms with Crippen molar-refractivity contribution in [1.82, 2.24) is 0 Å². The molecule has 0 aliphatic rings. The second-order valence-electron chi connectivity index (χ2n) is 4.01. The predicted molar refractivity (Wildman–Crippen MR) is 52.2 cm³/mol. The predicted octanol–water partition coefficient (Wildman–Crippen LogP) is -0.238. The van der Waals surface area contributed by atoms with Crippen LogP contribution in [-0.4, -0.2) is 60.9 Å². The smallest absolute Gasteiger partial charge is 0.371 e. The maximum absolute atomic E-state index is 10.5. The molecule has 0 fully saturated rings. The van der Waals surface area contributed by atoms with E-state index in [1.807, 2.05) is 21.1 Å². The van der Waals surface area contributed by atoms with Crippen molar-refractivity contribution in [2.75, 3.05) is 34.3 Å². The first-order valence-corrected chi connectivity index (χ1v) is 4.33. The second kappa shape index (κ2) is 5.35. The van der Waals surface area contributed by atoms with Crippen molar-refractivity contribution in [1.29, 1.82) is 0 Å². The van der Waals surface area contributed by atoms with Crippen molar-refractivity contribution in [2.45, 2.75) is 0 Å². The zero-order valence-electron chi connectivity index (χ0n) is 9.06. The Morgan fingerprint density at radius 2 is 1.80 bits per heavy atom. The van der Waals surface area contributed by atoms with E-state index in [1.54, 1.807) is 0 Å². The first-order valence-electron chi connectivity index (χ1n) is 4.33. The molecule has 0 aliphatic heterocycles. The van der Waals surface area contributed by atoms with Gasteiger partial charge in [0, 0.05) is 0 Å². The van der Waals surface area contributed by atoms with Gasteiger partial charge in [0.2, 0.25) is 5.76 Å². The molecule has 6 heteroatoms. The number of carbonyl (C=O) groups is 2. The molecule has 0 bridgehead atoms. The lowest BCUT2D eigenvalue weighted by atomic mass is 10.4. The minimum absolute atomic E-state index is 0.162. The molecular weight excluding hydrogens is 202 g/mol. The Bertz CT molecular complexity index is 277. The van der Waals surface area contributed by atoms with E-state index in [4.69, 9.17) is 14.9 Å². The molecule has 2 N–H and O–H groups in total. The molecule has 0 aromatic rings. The summed E-state index contributed by atoms with van der Waals surface area (Å²) in [6.07, 6.45) is 0.540. The molecule has 0 aliphatic carbocycles. The number of carboxylic acids is 2. The Labute approximate surface area is 88.0 Å². The highest BCUT2D eigenvalue weighted by Crippen LogP contribution is 1.99. The summed E-state index contributed by atoms with van der Waals surface area (Å²) in [5.74, 6) is -3.26. The summed E-state index contributed by atoms with van der Waals surface area (Å²) in [6, 6.07) is 0. The number of quaternary nitrogens is 1. The molecule has 86 valence electrons. The summed E-state index contributed by atoms with van der Waals surface area (Å²) >= 11 is 0. The van der Waals surface area contributed by atoms with E-state index in [0.29, 0.717) is 17.1 Å². The van der Waals surface area contributed by atoms with Gasteiger partial charge in [-0.3, -0.25) is 0 Å². The summed E-state index contributed by atoms with van der Waals surface area (Å²) in [5.41, 5.74) is 0. The van der Waals surface area contributed by atoms with Gasteiger partial charge < -0.3 is 19.4 Å². The van der Waals surface area contributed by atoms with E-state index < -0.39 is 17.7 Å². The van der Waals surface area contributed by atoms with Crippen molar-refractivity contribution in [2.24, 2.45) is 0 Å². The van der Waals surface area contributed by atoms with Crippen LogP contribution in [-0.2, 0) is 14.3 Å². The molecule has 0 heterocycles. The second-order valence-corrected chi connectivity index (χ2v) is 4.01. The molecule has 0 rings (SSSR count). The summed E-state index contributed by atoms with van der Waals surface area (Å²) in [7, 11) is 5.76. The van der Waals surface area contributed by atoms with E-state index in [-0.39, 0.29) is 6.61 Å². The molecular formula is C9H16NO5+. The van der Waals surface area contributed by atoms with Gasteiger partial charge in [0.25, 0.3) is 0 Å². The van der Waals surface area contributed by atoms with Crippen molar-refractivity contribution in [3.05, 3.63) is 11.8 Å². The van der Waals surface area contributed by atoms with Gasteiger partial charge in [-0.15, -0.1) is 0 Å². The number of nitrogens with zero attached hydrogens (tertiary/aromatic N) is 1. The Morgan fingerprint density at radius 3 is 2.13 bits per heavy atom. The first-order chi connectivity index (χ1) is 6.72. The van der Waals surface area contributed by atoms with Crippen LogP contribution < -0.4 is 0 Å². The molecule has 0 unspecified atom stereocenters. The van der Waals surface area contributed by atoms with Crippen LogP contribution in [0, 0.1) is 0 Å². The van der Waals surface area contributed by atoms with E-state index in [2.05, 4.69) is 0 Å². The maximum Gasteiger partial charge on any atom is 0.371 e.